The van der Waals surface area contributed by atoms with E-state index in [1.54, 1.807) is 0 Å². The van der Waals surface area contributed by atoms with Crippen molar-refractivity contribution in [1.29, 1.82) is 0 Å². The zero-order valence-corrected chi connectivity index (χ0v) is 9.95. The van der Waals surface area contributed by atoms with Crippen LogP contribution in [0.15, 0.2) is 29.3 Å². The van der Waals surface area contributed by atoms with Crippen molar-refractivity contribution in [2.45, 2.75) is 45.1 Å². The maximum Gasteiger partial charge on any atom is 0.125 e. The highest BCUT2D eigenvalue weighted by molar-refractivity contribution is 5.97. The maximum atomic E-state index is 6.04. The number of aryl methyl sites for hydroxylation is 1. The van der Waals surface area contributed by atoms with Gasteiger partial charge < -0.3 is 5.73 Å². The Morgan fingerprint density at radius 1 is 1.25 bits per heavy atom. The normalized spacial score (nSPS) is 18.7. The van der Waals surface area contributed by atoms with E-state index in [2.05, 4.69) is 24.0 Å². The van der Waals surface area contributed by atoms with Gasteiger partial charge in [-0.3, -0.25) is 4.99 Å². The van der Waals surface area contributed by atoms with E-state index in [-0.39, 0.29) is 0 Å². The van der Waals surface area contributed by atoms with Gasteiger partial charge in [0.25, 0.3) is 0 Å². The van der Waals surface area contributed by atoms with Crippen LogP contribution in [0.25, 0.3) is 0 Å². The maximum absolute atomic E-state index is 6.04. The first-order valence-corrected chi connectivity index (χ1v) is 6.16. The second-order valence-corrected chi connectivity index (χ2v) is 4.68. The minimum absolute atomic E-state index is 0.453. The van der Waals surface area contributed by atoms with Crippen molar-refractivity contribution in [2.24, 2.45) is 10.7 Å². The molecule has 1 fully saturated rings. The summed E-state index contributed by atoms with van der Waals surface area (Å²) in [6.45, 7) is 2.08. The number of nitrogens with zero attached hydrogens (tertiary/aromatic N) is 1. The van der Waals surface area contributed by atoms with Gasteiger partial charge in [-0.15, -0.1) is 0 Å². The lowest BCUT2D eigenvalue weighted by atomic mass is 9.96. The van der Waals surface area contributed by atoms with Crippen LogP contribution in [0.2, 0.25) is 0 Å². The third kappa shape index (κ3) is 2.84. The largest absolute Gasteiger partial charge is 0.383 e. The molecular formula is C14H20N2. The summed E-state index contributed by atoms with van der Waals surface area (Å²) in [7, 11) is 0. The molecule has 1 aromatic rings. The molecule has 1 aliphatic carbocycles. The quantitative estimate of drug-likeness (QED) is 0.599. The lowest BCUT2D eigenvalue weighted by Gasteiger charge is -2.18. The molecule has 1 aromatic carbocycles. The average Bonchev–Trinajstić information content (AvgIpc) is 2.30. The third-order valence-corrected chi connectivity index (χ3v) is 3.21. The van der Waals surface area contributed by atoms with Gasteiger partial charge in [0.2, 0.25) is 0 Å². The van der Waals surface area contributed by atoms with E-state index in [4.69, 9.17) is 5.73 Å². The Morgan fingerprint density at radius 2 is 2.00 bits per heavy atom. The van der Waals surface area contributed by atoms with Crippen LogP contribution in [0, 0.1) is 6.92 Å². The summed E-state index contributed by atoms with van der Waals surface area (Å²) >= 11 is 0. The Morgan fingerprint density at radius 3 is 2.69 bits per heavy atom. The van der Waals surface area contributed by atoms with Gasteiger partial charge in [0.1, 0.15) is 5.84 Å². The zero-order valence-electron chi connectivity index (χ0n) is 9.95. The highest BCUT2D eigenvalue weighted by atomic mass is 14.9. The van der Waals surface area contributed by atoms with Crippen molar-refractivity contribution in [2.75, 3.05) is 0 Å². The van der Waals surface area contributed by atoms with Crippen LogP contribution in [-0.4, -0.2) is 11.9 Å². The lowest BCUT2D eigenvalue weighted by molar-refractivity contribution is 0.443. The van der Waals surface area contributed by atoms with Crippen LogP contribution in [-0.2, 0) is 0 Å². The SMILES string of the molecule is Cc1cccc(C(N)=NC2CCCCC2)c1. The summed E-state index contributed by atoms with van der Waals surface area (Å²) in [5.41, 5.74) is 8.34. The van der Waals surface area contributed by atoms with Crippen LogP contribution < -0.4 is 5.73 Å². The minimum atomic E-state index is 0.453. The van der Waals surface area contributed by atoms with Crippen molar-refractivity contribution < 1.29 is 0 Å². The topological polar surface area (TPSA) is 38.4 Å². The lowest BCUT2D eigenvalue weighted by Crippen LogP contribution is -2.19. The predicted molar refractivity (Wildman–Crippen MR) is 68.8 cm³/mol. The van der Waals surface area contributed by atoms with Crippen LogP contribution in [0.4, 0.5) is 0 Å². The zero-order chi connectivity index (χ0) is 11.4. The van der Waals surface area contributed by atoms with Crippen LogP contribution in [0.3, 0.4) is 0 Å². The van der Waals surface area contributed by atoms with E-state index < -0.39 is 0 Å². The van der Waals surface area contributed by atoms with Crippen LogP contribution >= 0.6 is 0 Å². The first kappa shape index (κ1) is 11.2. The van der Waals surface area contributed by atoms with E-state index in [1.807, 2.05) is 12.1 Å². The van der Waals surface area contributed by atoms with E-state index in [0.29, 0.717) is 11.9 Å². The van der Waals surface area contributed by atoms with Gasteiger partial charge in [-0.1, -0.05) is 43.0 Å². The molecule has 0 bridgehead atoms. The molecule has 0 aromatic heterocycles. The van der Waals surface area contributed by atoms with Gasteiger partial charge in [0.15, 0.2) is 0 Å². The van der Waals surface area contributed by atoms with Crippen molar-refractivity contribution in [3.8, 4) is 0 Å². The van der Waals surface area contributed by atoms with Crippen molar-refractivity contribution in [3.63, 3.8) is 0 Å². The second kappa shape index (κ2) is 5.15. The van der Waals surface area contributed by atoms with E-state index in [9.17, 15) is 0 Å². The number of hydrogen-bond donors (Lipinski definition) is 1. The molecule has 0 aliphatic heterocycles. The fourth-order valence-corrected chi connectivity index (χ4v) is 2.29. The van der Waals surface area contributed by atoms with E-state index >= 15 is 0 Å². The summed E-state index contributed by atoms with van der Waals surface area (Å²) in [6, 6.07) is 8.70. The van der Waals surface area contributed by atoms with Crippen LogP contribution in [0.5, 0.6) is 0 Å². The number of amidine groups is 1. The molecule has 0 unspecified atom stereocenters. The third-order valence-electron chi connectivity index (χ3n) is 3.21. The molecule has 0 atom stereocenters. The van der Waals surface area contributed by atoms with Gasteiger partial charge in [-0.25, -0.2) is 0 Å². The number of hydrogen-bond acceptors (Lipinski definition) is 1. The van der Waals surface area contributed by atoms with Crippen molar-refractivity contribution in [3.05, 3.63) is 35.4 Å². The summed E-state index contributed by atoms with van der Waals surface area (Å²) in [5, 5.41) is 0. The molecule has 0 spiro atoms. The molecule has 1 saturated carbocycles. The Hall–Kier alpha value is -1.31. The molecule has 0 amide bonds. The first-order chi connectivity index (χ1) is 7.75. The summed E-state index contributed by atoms with van der Waals surface area (Å²) in [4.78, 5) is 4.64. The van der Waals surface area contributed by atoms with E-state index in [0.717, 1.165) is 5.56 Å². The van der Waals surface area contributed by atoms with Gasteiger partial charge in [-0.05, 0) is 25.8 Å². The number of benzene rings is 1. The highest BCUT2D eigenvalue weighted by Crippen LogP contribution is 2.20. The summed E-state index contributed by atoms with van der Waals surface area (Å²) in [5.74, 6) is 0.704. The fourth-order valence-electron chi connectivity index (χ4n) is 2.29. The molecule has 0 heterocycles. The summed E-state index contributed by atoms with van der Waals surface area (Å²) < 4.78 is 0. The Kier molecular flexibility index (Phi) is 3.60. The Bertz CT molecular complexity index is 376. The Labute approximate surface area is 97.6 Å². The standard InChI is InChI=1S/C14H20N2/c1-11-6-5-7-12(10-11)14(15)16-13-8-3-2-4-9-13/h5-7,10,13H,2-4,8-9H2,1H3,(H2,15,16). The number of nitrogens with two attached hydrogens (primary N) is 1. The van der Waals surface area contributed by atoms with Gasteiger partial charge in [-0.2, -0.15) is 0 Å². The summed E-state index contributed by atoms with van der Waals surface area (Å²) in [6.07, 6.45) is 6.36. The predicted octanol–water partition coefficient (Wildman–Crippen LogP) is 3.03. The molecule has 0 radical (unpaired) electrons. The van der Waals surface area contributed by atoms with E-state index in [1.165, 1.54) is 37.7 Å². The number of aliphatic imine (C=N–C) groups is 1. The van der Waals surface area contributed by atoms with Gasteiger partial charge >= 0.3 is 0 Å². The molecule has 1 aliphatic rings. The second-order valence-electron chi connectivity index (χ2n) is 4.68. The van der Waals surface area contributed by atoms with Crippen molar-refractivity contribution in [1.82, 2.24) is 0 Å². The molecule has 0 saturated heterocycles. The molecule has 86 valence electrons. The first-order valence-electron chi connectivity index (χ1n) is 6.16. The highest BCUT2D eigenvalue weighted by Gasteiger charge is 2.12. The Balaban J connectivity index is 2.10. The van der Waals surface area contributed by atoms with Crippen molar-refractivity contribution >= 4 is 5.84 Å². The minimum Gasteiger partial charge on any atom is -0.383 e. The number of rotatable bonds is 2. The fraction of sp³-hybridized carbons (Fsp3) is 0.500. The molecule has 2 heteroatoms. The molecule has 2 rings (SSSR count). The smallest absolute Gasteiger partial charge is 0.125 e. The average molecular weight is 216 g/mol. The van der Waals surface area contributed by atoms with Gasteiger partial charge in [0, 0.05) is 5.56 Å². The monoisotopic (exact) mass is 216 g/mol. The molecule has 2 nitrogen and oxygen atoms in total. The molecule has 2 N–H and O–H groups in total. The molecular weight excluding hydrogens is 196 g/mol. The molecule has 16 heavy (non-hydrogen) atoms. The van der Waals surface area contributed by atoms with Gasteiger partial charge in [0.05, 0.1) is 6.04 Å². The van der Waals surface area contributed by atoms with Crippen LogP contribution in [0.1, 0.15) is 43.2 Å².